The number of fused-ring (bicyclic) bond motifs is 1. The van der Waals surface area contributed by atoms with E-state index in [1.807, 2.05) is 4.57 Å². The number of carbonyl (C=O) groups excluding carboxylic acids is 1. The summed E-state index contributed by atoms with van der Waals surface area (Å²) in [6, 6.07) is 14.7. The van der Waals surface area contributed by atoms with Crippen LogP contribution in [-0.2, 0) is 11.3 Å². The van der Waals surface area contributed by atoms with Crippen LogP contribution in [0.15, 0.2) is 47.3 Å². The summed E-state index contributed by atoms with van der Waals surface area (Å²) in [4.78, 5) is 25.7. The minimum absolute atomic E-state index is 0.0507. The molecule has 0 unspecified atom stereocenters. The third-order valence-electron chi connectivity index (χ3n) is 4.86. The van der Waals surface area contributed by atoms with Crippen LogP contribution in [0.2, 0.25) is 0 Å². The molecule has 0 atom stereocenters. The summed E-state index contributed by atoms with van der Waals surface area (Å²) < 4.78 is 2.91. The first kappa shape index (κ1) is 21.3. The van der Waals surface area contributed by atoms with Crippen molar-refractivity contribution in [1.29, 1.82) is 0 Å². The molecule has 0 radical (unpaired) electrons. The molecule has 1 aromatic heterocycles. The number of benzene rings is 2. The van der Waals surface area contributed by atoms with Crippen LogP contribution in [0, 0.1) is 5.41 Å². The number of nitrogens with zero attached hydrogens (tertiary/aromatic N) is 2. The van der Waals surface area contributed by atoms with E-state index in [4.69, 9.17) is 0 Å². The van der Waals surface area contributed by atoms with Crippen molar-refractivity contribution in [3.8, 4) is 11.1 Å². The van der Waals surface area contributed by atoms with Gasteiger partial charge in [0.15, 0.2) is 0 Å². The molecule has 0 aliphatic heterocycles. The minimum Gasteiger partial charge on any atom is -0.371 e. The number of carbonyl (C=O) groups is 1. The van der Waals surface area contributed by atoms with E-state index >= 15 is 0 Å². The summed E-state index contributed by atoms with van der Waals surface area (Å²) in [5, 5.41) is 0. The Hall–Kier alpha value is -2.40. The van der Waals surface area contributed by atoms with E-state index in [2.05, 4.69) is 75.1 Å². The van der Waals surface area contributed by atoms with Gasteiger partial charge in [-0.15, -0.1) is 0 Å². The summed E-state index contributed by atoms with van der Waals surface area (Å²) in [5.74, 6) is 0. The van der Waals surface area contributed by atoms with Crippen molar-refractivity contribution in [2.75, 3.05) is 18.0 Å². The summed E-state index contributed by atoms with van der Waals surface area (Å²) in [6.45, 7) is 11.0. The molecular formula is C24H30N2O2S. The Morgan fingerprint density at radius 2 is 1.83 bits per heavy atom. The van der Waals surface area contributed by atoms with E-state index in [1.54, 1.807) is 0 Å². The average Bonchev–Trinajstić information content (AvgIpc) is 2.98. The molecule has 0 saturated heterocycles. The van der Waals surface area contributed by atoms with Crippen LogP contribution in [0.1, 0.15) is 40.5 Å². The molecule has 1 heterocycles. The molecule has 0 aliphatic carbocycles. The predicted octanol–water partition coefficient (Wildman–Crippen LogP) is 5.58. The van der Waals surface area contributed by atoms with Crippen LogP contribution >= 0.6 is 11.3 Å². The monoisotopic (exact) mass is 410 g/mol. The van der Waals surface area contributed by atoms with Gasteiger partial charge in [-0.3, -0.25) is 9.36 Å². The second-order valence-electron chi connectivity index (χ2n) is 8.69. The number of aldehydes is 1. The van der Waals surface area contributed by atoms with Gasteiger partial charge in [-0.05, 0) is 47.2 Å². The van der Waals surface area contributed by atoms with E-state index in [9.17, 15) is 9.59 Å². The number of aromatic nitrogens is 1. The number of hydrogen-bond acceptors (Lipinski definition) is 4. The van der Waals surface area contributed by atoms with Crippen LogP contribution in [0.25, 0.3) is 21.3 Å². The van der Waals surface area contributed by atoms with E-state index in [1.165, 1.54) is 11.3 Å². The van der Waals surface area contributed by atoms with Gasteiger partial charge in [0.1, 0.15) is 6.29 Å². The zero-order valence-electron chi connectivity index (χ0n) is 17.8. The maximum Gasteiger partial charge on any atom is 0.308 e. The SMILES string of the molecule is CCCN(CCC=O)c1cccc(-c2ccc3c(c2)sc(=O)n3CC(C)(C)C)c1. The molecule has 5 heteroatoms. The van der Waals surface area contributed by atoms with Crippen LogP contribution in [0.3, 0.4) is 0 Å². The highest BCUT2D eigenvalue weighted by molar-refractivity contribution is 7.16. The number of thiazole rings is 1. The third kappa shape index (κ3) is 5.15. The normalized spacial score (nSPS) is 11.7. The Bertz CT molecular complexity index is 1040. The molecule has 3 aromatic rings. The first-order valence-electron chi connectivity index (χ1n) is 10.2. The summed E-state index contributed by atoms with van der Waals surface area (Å²) in [7, 11) is 0. The van der Waals surface area contributed by atoms with Crippen LogP contribution in [-0.4, -0.2) is 23.9 Å². The van der Waals surface area contributed by atoms with Gasteiger partial charge in [-0.1, -0.05) is 57.2 Å². The Morgan fingerprint density at radius 1 is 1.07 bits per heavy atom. The zero-order valence-corrected chi connectivity index (χ0v) is 18.6. The second-order valence-corrected chi connectivity index (χ2v) is 9.68. The van der Waals surface area contributed by atoms with E-state index in [0.717, 1.165) is 52.8 Å². The lowest BCUT2D eigenvalue weighted by molar-refractivity contribution is -0.107. The average molecular weight is 411 g/mol. The number of rotatable bonds is 8. The van der Waals surface area contributed by atoms with Gasteiger partial charge in [0, 0.05) is 31.7 Å². The molecule has 2 aromatic carbocycles. The maximum atomic E-state index is 12.5. The molecule has 0 N–H and O–H groups in total. The van der Waals surface area contributed by atoms with Crippen molar-refractivity contribution >= 4 is 33.5 Å². The van der Waals surface area contributed by atoms with E-state index in [-0.39, 0.29) is 10.3 Å². The molecule has 0 amide bonds. The van der Waals surface area contributed by atoms with Crippen molar-refractivity contribution in [3.05, 3.63) is 52.1 Å². The second kappa shape index (κ2) is 8.95. The Balaban J connectivity index is 1.96. The highest BCUT2D eigenvalue weighted by atomic mass is 32.1. The molecule has 0 saturated carbocycles. The Kier molecular flexibility index (Phi) is 6.58. The van der Waals surface area contributed by atoms with Crippen LogP contribution in [0.4, 0.5) is 5.69 Å². The van der Waals surface area contributed by atoms with Gasteiger partial charge < -0.3 is 9.69 Å². The van der Waals surface area contributed by atoms with Crippen LogP contribution < -0.4 is 9.77 Å². The fraction of sp³-hybridized carbons (Fsp3) is 0.417. The highest BCUT2D eigenvalue weighted by Crippen LogP contribution is 2.30. The molecule has 0 bridgehead atoms. The van der Waals surface area contributed by atoms with Gasteiger partial charge in [-0.25, -0.2) is 0 Å². The first-order chi connectivity index (χ1) is 13.8. The van der Waals surface area contributed by atoms with Gasteiger partial charge in [0.05, 0.1) is 10.2 Å². The lowest BCUT2D eigenvalue weighted by Gasteiger charge is -2.24. The molecule has 4 nitrogen and oxygen atoms in total. The molecule has 0 aliphatic rings. The summed E-state index contributed by atoms with van der Waals surface area (Å²) in [5.41, 5.74) is 4.42. The minimum atomic E-state index is 0.0507. The lowest BCUT2D eigenvalue weighted by atomic mass is 9.97. The van der Waals surface area contributed by atoms with E-state index in [0.29, 0.717) is 13.0 Å². The largest absolute Gasteiger partial charge is 0.371 e. The smallest absolute Gasteiger partial charge is 0.308 e. The van der Waals surface area contributed by atoms with Crippen LogP contribution in [0.5, 0.6) is 0 Å². The van der Waals surface area contributed by atoms with Gasteiger partial charge >= 0.3 is 4.87 Å². The Morgan fingerprint density at radius 3 is 2.52 bits per heavy atom. The van der Waals surface area contributed by atoms with Crippen molar-refractivity contribution in [1.82, 2.24) is 4.57 Å². The standard InChI is InChI=1S/C24H30N2O2S/c1-5-12-25(13-7-14-27)20-9-6-8-18(15-20)19-10-11-21-22(16-19)29-23(28)26(21)17-24(2,3)4/h6,8-11,14-16H,5,7,12-13,17H2,1-4H3. The maximum absolute atomic E-state index is 12.5. The number of hydrogen-bond donors (Lipinski definition) is 0. The van der Waals surface area contributed by atoms with Gasteiger partial charge in [0.2, 0.25) is 0 Å². The number of anilines is 1. The quantitative estimate of drug-likeness (QED) is 0.455. The Labute approximate surface area is 176 Å². The lowest BCUT2D eigenvalue weighted by Crippen LogP contribution is -2.25. The first-order valence-corrected chi connectivity index (χ1v) is 11.1. The third-order valence-corrected chi connectivity index (χ3v) is 5.80. The molecule has 29 heavy (non-hydrogen) atoms. The molecule has 0 fully saturated rings. The van der Waals surface area contributed by atoms with Crippen molar-refractivity contribution < 1.29 is 4.79 Å². The zero-order chi connectivity index (χ0) is 21.0. The predicted molar refractivity (Wildman–Crippen MR) is 124 cm³/mol. The fourth-order valence-corrected chi connectivity index (χ4v) is 4.53. The summed E-state index contributed by atoms with van der Waals surface area (Å²) >= 11 is 1.32. The molecule has 154 valence electrons. The van der Waals surface area contributed by atoms with Gasteiger partial charge in [-0.2, -0.15) is 0 Å². The highest BCUT2D eigenvalue weighted by Gasteiger charge is 2.16. The fourth-order valence-electron chi connectivity index (χ4n) is 3.60. The summed E-state index contributed by atoms with van der Waals surface area (Å²) in [6.07, 6.45) is 2.54. The van der Waals surface area contributed by atoms with E-state index < -0.39 is 0 Å². The molecular weight excluding hydrogens is 380 g/mol. The topological polar surface area (TPSA) is 42.3 Å². The molecule has 3 rings (SSSR count). The molecule has 0 spiro atoms. The van der Waals surface area contributed by atoms with Gasteiger partial charge in [0.25, 0.3) is 0 Å². The van der Waals surface area contributed by atoms with Crippen molar-refractivity contribution in [2.24, 2.45) is 5.41 Å². The van der Waals surface area contributed by atoms with Crippen molar-refractivity contribution in [3.63, 3.8) is 0 Å². The van der Waals surface area contributed by atoms with Crippen molar-refractivity contribution in [2.45, 2.75) is 47.1 Å².